The summed E-state index contributed by atoms with van der Waals surface area (Å²) < 4.78 is 15.8. The van der Waals surface area contributed by atoms with Crippen LogP contribution in [0.25, 0.3) is 0 Å². The van der Waals surface area contributed by atoms with Gasteiger partial charge in [-0.3, -0.25) is 0 Å². The van der Waals surface area contributed by atoms with Crippen molar-refractivity contribution in [3.8, 4) is 0 Å². The van der Waals surface area contributed by atoms with Crippen LogP contribution < -0.4 is 5.32 Å². The Morgan fingerprint density at radius 1 is 1.13 bits per heavy atom. The Labute approximate surface area is 92.3 Å². The lowest BCUT2D eigenvalue weighted by atomic mass is 10.1. The van der Waals surface area contributed by atoms with Crippen LogP contribution in [0.4, 0.5) is 0 Å². The third-order valence-electron chi connectivity index (χ3n) is 2.53. The summed E-state index contributed by atoms with van der Waals surface area (Å²) in [6.07, 6.45) is 2.21. The highest BCUT2D eigenvalue weighted by atomic mass is 16.5. The molecule has 0 aromatic heterocycles. The lowest BCUT2D eigenvalue weighted by Crippen LogP contribution is -2.15. The molecule has 0 aromatic rings. The van der Waals surface area contributed by atoms with E-state index in [-0.39, 0.29) is 0 Å². The van der Waals surface area contributed by atoms with Gasteiger partial charge in [-0.15, -0.1) is 0 Å². The first-order valence-electron chi connectivity index (χ1n) is 5.78. The second-order valence-electron chi connectivity index (χ2n) is 3.89. The summed E-state index contributed by atoms with van der Waals surface area (Å²) in [6.45, 7) is 6.06. The average molecular weight is 217 g/mol. The van der Waals surface area contributed by atoms with E-state index in [0.29, 0.717) is 19.1 Å². The third kappa shape index (κ3) is 6.84. The van der Waals surface area contributed by atoms with Crippen molar-refractivity contribution in [2.24, 2.45) is 5.92 Å². The van der Waals surface area contributed by atoms with Crippen molar-refractivity contribution in [2.45, 2.75) is 12.8 Å². The van der Waals surface area contributed by atoms with E-state index in [2.05, 4.69) is 5.32 Å². The molecule has 1 aliphatic rings. The van der Waals surface area contributed by atoms with E-state index in [1.54, 1.807) is 7.11 Å². The summed E-state index contributed by atoms with van der Waals surface area (Å²) >= 11 is 0. The number of methoxy groups -OCH3 is 1. The molecule has 1 heterocycles. The molecule has 0 radical (unpaired) electrons. The second kappa shape index (κ2) is 9.09. The van der Waals surface area contributed by atoms with Crippen LogP contribution in [0.2, 0.25) is 0 Å². The summed E-state index contributed by atoms with van der Waals surface area (Å²) in [5.74, 6) is 0.707. The van der Waals surface area contributed by atoms with E-state index >= 15 is 0 Å². The summed E-state index contributed by atoms with van der Waals surface area (Å²) in [4.78, 5) is 0. The zero-order valence-corrected chi connectivity index (χ0v) is 9.67. The van der Waals surface area contributed by atoms with Gasteiger partial charge in [0.15, 0.2) is 0 Å². The Morgan fingerprint density at radius 3 is 2.73 bits per heavy atom. The molecule has 0 bridgehead atoms. The minimum atomic E-state index is 0.698. The SMILES string of the molecule is COCCCOCCOCC1CCNC1. The highest BCUT2D eigenvalue weighted by molar-refractivity contribution is 4.70. The molecule has 0 aromatic carbocycles. The zero-order chi connectivity index (χ0) is 10.8. The maximum atomic E-state index is 5.53. The van der Waals surface area contributed by atoms with E-state index in [4.69, 9.17) is 14.2 Å². The molecule has 1 rings (SSSR count). The Kier molecular flexibility index (Phi) is 7.83. The molecule has 0 aliphatic carbocycles. The molecule has 1 fully saturated rings. The standard InChI is InChI=1S/C11H23NO3/c1-13-5-2-6-14-7-8-15-10-11-3-4-12-9-11/h11-12H,2-10H2,1H3. The molecular formula is C11H23NO3. The van der Waals surface area contributed by atoms with E-state index in [9.17, 15) is 0 Å². The molecule has 1 atom stereocenters. The van der Waals surface area contributed by atoms with E-state index in [0.717, 1.165) is 39.3 Å². The highest BCUT2D eigenvalue weighted by Gasteiger charge is 2.13. The minimum absolute atomic E-state index is 0.698. The molecule has 90 valence electrons. The normalized spacial score (nSPS) is 21.0. The maximum Gasteiger partial charge on any atom is 0.0700 e. The third-order valence-corrected chi connectivity index (χ3v) is 2.53. The van der Waals surface area contributed by atoms with Crippen LogP contribution in [-0.2, 0) is 14.2 Å². The van der Waals surface area contributed by atoms with Gasteiger partial charge in [0.1, 0.15) is 0 Å². The fourth-order valence-electron chi connectivity index (χ4n) is 1.63. The fourth-order valence-corrected chi connectivity index (χ4v) is 1.63. The molecule has 0 amide bonds. The lowest BCUT2D eigenvalue weighted by Gasteiger charge is -2.09. The van der Waals surface area contributed by atoms with Crippen LogP contribution >= 0.6 is 0 Å². The van der Waals surface area contributed by atoms with Gasteiger partial charge < -0.3 is 19.5 Å². The fraction of sp³-hybridized carbons (Fsp3) is 1.00. The van der Waals surface area contributed by atoms with Crippen molar-refractivity contribution in [3.05, 3.63) is 0 Å². The predicted octanol–water partition coefficient (Wildman–Crippen LogP) is 0.666. The number of hydrogen-bond acceptors (Lipinski definition) is 4. The number of ether oxygens (including phenoxy) is 3. The van der Waals surface area contributed by atoms with Gasteiger partial charge >= 0.3 is 0 Å². The van der Waals surface area contributed by atoms with Crippen LogP contribution in [-0.4, -0.2) is 53.2 Å². The first kappa shape index (κ1) is 12.9. The number of rotatable bonds is 9. The Balaban J connectivity index is 1.73. The van der Waals surface area contributed by atoms with Crippen molar-refractivity contribution in [1.82, 2.24) is 5.32 Å². The Morgan fingerprint density at radius 2 is 2.00 bits per heavy atom. The van der Waals surface area contributed by atoms with Gasteiger partial charge in [-0.1, -0.05) is 0 Å². The highest BCUT2D eigenvalue weighted by Crippen LogP contribution is 2.06. The van der Waals surface area contributed by atoms with Gasteiger partial charge in [0, 0.05) is 26.9 Å². The topological polar surface area (TPSA) is 39.7 Å². The summed E-state index contributed by atoms with van der Waals surface area (Å²) in [6, 6.07) is 0. The summed E-state index contributed by atoms with van der Waals surface area (Å²) in [7, 11) is 1.71. The van der Waals surface area contributed by atoms with Crippen molar-refractivity contribution in [3.63, 3.8) is 0 Å². The first-order chi connectivity index (χ1) is 7.43. The average Bonchev–Trinajstić information content (AvgIpc) is 2.75. The van der Waals surface area contributed by atoms with Crippen molar-refractivity contribution >= 4 is 0 Å². The van der Waals surface area contributed by atoms with Gasteiger partial charge in [-0.05, 0) is 25.3 Å². The molecule has 0 saturated carbocycles. The van der Waals surface area contributed by atoms with Gasteiger partial charge in [0.05, 0.1) is 19.8 Å². The molecule has 1 unspecified atom stereocenters. The largest absolute Gasteiger partial charge is 0.385 e. The molecular weight excluding hydrogens is 194 g/mol. The van der Waals surface area contributed by atoms with Crippen molar-refractivity contribution in [1.29, 1.82) is 0 Å². The van der Waals surface area contributed by atoms with Crippen molar-refractivity contribution in [2.75, 3.05) is 53.2 Å². The predicted molar refractivity (Wildman–Crippen MR) is 59.1 cm³/mol. The molecule has 4 heteroatoms. The molecule has 1 aliphatic heterocycles. The van der Waals surface area contributed by atoms with E-state index in [1.807, 2.05) is 0 Å². The molecule has 4 nitrogen and oxygen atoms in total. The Bertz CT molecular complexity index is 138. The summed E-state index contributed by atoms with van der Waals surface area (Å²) in [5.41, 5.74) is 0. The van der Waals surface area contributed by atoms with Gasteiger partial charge in [-0.25, -0.2) is 0 Å². The maximum absolute atomic E-state index is 5.53. The number of hydrogen-bond donors (Lipinski definition) is 1. The quantitative estimate of drug-likeness (QED) is 0.576. The van der Waals surface area contributed by atoms with Crippen molar-refractivity contribution < 1.29 is 14.2 Å². The van der Waals surface area contributed by atoms with E-state index in [1.165, 1.54) is 6.42 Å². The van der Waals surface area contributed by atoms with Crippen LogP contribution in [0, 0.1) is 5.92 Å². The molecule has 1 saturated heterocycles. The summed E-state index contributed by atoms with van der Waals surface area (Å²) in [5, 5.41) is 3.32. The first-order valence-corrected chi connectivity index (χ1v) is 5.78. The monoisotopic (exact) mass is 217 g/mol. The zero-order valence-electron chi connectivity index (χ0n) is 9.67. The van der Waals surface area contributed by atoms with Gasteiger partial charge in [-0.2, -0.15) is 0 Å². The van der Waals surface area contributed by atoms with Gasteiger partial charge in [0.2, 0.25) is 0 Å². The van der Waals surface area contributed by atoms with Crippen LogP contribution in [0.3, 0.4) is 0 Å². The van der Waals surface area contributed by atoms with Crippen LogP contribution in [0.1, 0.15) is 12.8 Å². The Hall–Kier alpha value is -0.160. The second-order valence-corrected chi connectivity index (χ2v) is 3.89. The molecule has 0 spiro atoms. The van der Waals surface area contributed by atoms with Gasteiger partial charge in [0.25, 0.3) is 0 Å². The minimum Gasteiger partial charge on any atom is -0.385 e. The van der Waals surface area contributed by atoms with E-state index < -0.39 is 0 Å². The number of nitrogens with one attached hydrogen (secondary N) is 1. The van der Waals surface area contributed by atoms with Crippen LogP contribution in [0.5, 0.6) is 0 Å². The molecule has 15 heavy (non-hydrogen) atoms. The smallest absolute Gasteiger partial charge is 0.0700 e. The lowest BCUT2D eigenvalue weighted by molar-refractivity contribution is 0.0297. The molecule has 1 N–H and O–H groups in total. The van der Waals surface area contributed by atoms with Crippen LogP contribution in [0.15, 0.2) is 0 Å².